The van der Waals surface area contributed by atoms with Gasteiger partial charge in [-0.25, -0.2) is 0 Å². The quantitative estimate of drug-likeness (QED) is 0.568. The zero-order valence-electron chi connectivity index (χ0n) is 6.10. The molecule has 2 N–H and O–H groups in total. The second-order valence-electron chi connectivity index (χ2n) is 2.39. The lowest BCUT2D eigenvalue weighted by atomic mass is 10.2. The molecule has 0 saturated carbocycles. The van der Waals surface area contributed by atoms with E-state index in [4.69, 9.17) is 10.2 Å². The van der Waals surface area contributed by atoms with E-state index in [2.05, 4.69) is 9.97 Å². The average Bonchev–Trinajstić information content (AvgIpc) is 2.07. The van der Waals surface area contributed by atoms with Crippen LogP contribution in [0, 0.1) is 0 Å². The van der Waals surface area contributed by atoms with Crippen molar-refractivity contribution in [3.8, 4) is 11.5 Å². The number of rotatable bonds is 0. The molecule has 1 heterocycles. The lowest BCUT2D eigenvalue weighted by Gasteiger charge is -1.98. The Morgan fingerprint density at radius 1 is 0.833 bits per heavy atom. The first kappa shape index (κ1) is 6.84. The molecule has 4 nitrogen and oxygen atoms in total. The first-order valence-corrected chi connectivity index (χ1v) is 3.40. The number of aromatic hydroxyl groups is 2. The van der Waals surface area contributed by atoms with Gasteiger partial charge in [0.25, 0.3) is 0 Å². The zero-order valence-corrected chi connectivity index (χ0v) is 6.10. The zero-order chi connectivity index (χ0) is 8.55. The molecule has 12 heavy (non-hydrogen) atoms. The monoisotopic (exact) mass is 162 g/mol. The van der Waals surface area contributed by atoms with Crippen molar-refractivity contribution < 1.29 is 10.2 Å². The Morgan fingerprint density at radius 2 is 1.25 bits per heavy atom. The summed E-state index contributed by atoms with van der Waals surface area (Å²) in [5.74, 6) is -0.356. The largest absolute Gasteiger partial charge is 0.504 e. The number of aromatic nitrogens is 2. The van der Waals surface area contributed by atoms with Crippen molar-refractivity contribution in [2.75, 3.05) is 0 Å². The average molecular weight is 162 g/mol. The summed E-state index contributed by atoms with van der Waals surface area (Å²) in [6.07, 6.45) is 3.05. The molecule has 1 aromatic heterocycles. The highest BCUT2D eigenvalue weighted by molar-refractivity contribution is 5.78. The Morgan fingerprint density at radius 3 is 1.67 bits per heavy atom. The molecule has 0 unspecified atom stereocenters. The van der Waals surface area contributed by atoms with Crippen LogP contribution >= 0.6 is 0 Å². The summed E-state index contributed by atoms with van der Waals surface area (Å²) in [6.45, 7) is 0. The molecule has 2 aromatic rings. The molecule has 0 atom stereocenters. The van der Waals surface area contributed by atoms with Crippen LogP contribution in [-0.2, 0) is 0 Å². The summed E-state index contributed by atoms with van der Waals surface area (Å²) in [7, 11) is 0. The second-order valence-corrected chi connectivity index (χ2v) is 2.39. The van der Waals surface area contributed by atoms with Gasteiger partial charge in [-0.15, -0.1) is 0 Å². The van der Waals surface area contributed by atoms with Crippen molar-refractivity contribution in [3.63, 3.8) is 0 Å². The molecule has 0 bridgehead atoms. The predicted octanol–water partition coefficient (Wildman–Crippen LogP) is 1.04. The van der Waals surface area contributed by atoms with E-state index >= 15 is 0 Å². The van der Waals surface area contributed by atoms with Gasteiger partial charge in [0.15, 0.2) is 11.5 Å². The summed E-state index contributed by atoms with van der Waals surface area (Å²) in [5, 5.41) is 18.2. The van der Waals surface area contributed by atoms with Crippen LogP contribution in [0.25, 0.3) is 11.0 Å². The molecular weight excluding hydrogens is 156 g/mol. The molecule has 1 aromatic carbocycles. The van der Waals surface area contributed by atoms with Crippen LogP contribution in [-0.4, -0.2) is 20.2 Å². The van der Waals surface area contributed by atoms with Crippen LogP contribution in [0.2, 0.25) is 0 Å². The molecule has 60 valence electrons. The van der Waals surface area contributed by atoms with E-state index < -0.39 is 0 Å². The number of hydrogen-bond acceptors (Lipinski definition) is 4. The van der Waals surface area contributed by atoms with Crippen molar-refractivity contribution in [2.45, 2.75) is 0 Å². The van der Waals surface area contributed by atoms with Crippen LogP contribution in [0.15, 0.2) is 24.5 Å². The van der Waals surface area contributed by atoms with Crippen LogP contribution < -0.4 is 0 Å². The van der Waals surface area contributed by atoms with Gasteiger partial charge in [-0.3, -0.25) is 9.97 Å². The highest BCUT2D eigenvalue weighted by Gasteiger charge is 2.02. The maximum absolute atomic E-state index is 9.10. The van der Waals surface area contributed by atoms with Gasteiger partial charge in [-0.05, 0) is 0 Å². The summed E-state index contributed by atoms with van der Waals surface area (Å²) in [4.78, 5) is 7.90. The van der Waals surface area contributed by atoms with Gasteiger partial charge in [0.1, 0.15) is 0 Å². The predicted molar refractivity (Wildman–Crippen MR) is 42.9 cm³/mol. The van der Waals surface area contributed by atoms with E-state index in [9.17, 15) is 0 Å². The minimum atomic E-state index is -0.178. The fraction of sp³-hybridized carbons (Fsp3) is 0. The minimum absolute atomic E-state index is 0.178. The molecule has 0 aliphatic rings. The summed E-state index contributed by atoms with van der Waals surface area (Å²) in [6, 6.07) is 2.75. The van der Waals surface area contributed by atoms with Gasteiger partial charge >= 0.3 is 0 Å². The number of benzene rings is 1. The topological polar surface area (TPSA) is 66.2 Å². The Bertz CT molecular complexity index is 388. The van der Waals surface area contributed by atoms with Gasteiger partial charge in [0, 0.05) is 24.5 Å². The van der Waals surface area contributed by atoms with Gasteiger partial charge < -0.3 is 10.2 Å². The minimum Gasteiger partial charge on any atom is -0.504 e. The Balaban J connectivity index is 2.84. The number of phenols is 2. The van der Waals surface area contributed by atoms with Gasteiger partial charge in [0.2, 0.25) is 0 Å². The van der Waals surface area contributed by atoms with Crippen molar-refractivity contribution in [1.29, 1.82) is 0 Å². The van der Waals surface area contributed by atoms with E-state index in [1.807, 2.05) is 0 Å². The third-order valence-corrected chi connectivity index (χ3v) is 1.57. The maximum atomic E-state index is 9.10. The first-order chi connectivity index (χ1) is 5.77. The fourth-order valence-corrected chi connectivity index (χ4v) is 0.989. The van der Waals surface area contributed by atoms with E-state index in [1.54, 1.807) is 0 Å². The molecule has 0 aliphatic carbocycles. The lowest BCUT2D eigenvalue weighted by molar-refractivity contribution is 0.404. The summed E-state index contributed by atoms with van der Waals surface area (Å²) in [5.41, 5.74) is 1.13. The highest BCUT2D eigenvalue weighted by Crippen LogP contribution is 2.27. The molecule has 0 amide bonds. The molecular formula is C8H6N2O2. The van der Waals surface area contributed by atoms with Crippen molar-refractivity contribution in [2.24, 2.45) is 0 Å². The van der Waals surface area contributed by atoms with Crippen molar-refractivity contribution in [1.82, 2.24) is 9.97 Å². The van der Waals surface area contributed by atoms with E-state index in [0.717, 1.165) is 0 Å². The fourth-order valence-electron chi connectivity index (χ4n) is 0.989. The van der Waals surface area contributed by atoms with Crippen LogP contribution in [0.1, 0.15) is 0 Å². The third kappa shape index (κ3) is 0.934. The van der Waals surface area contributed by atoms with E-state index in [-0.39, 0.29) is 11.5 Å². The molecule has 2 rings (SSSR count). The third-order valence-electron chi connectivity index (χ3n) is 1.57. The molecule has 4 heteroatoms. The van der Waals surface area contributed by atoms with Crippen molar-refractivity contribution >= 4 is 11.0 Å². The number of fused-ring (bicyclic) bond motifs is 1. The molecule has 0 radical (unpaired) electrons. The molecule has 0 aliphatic heterocycles. The number of nitrogens with zero attached hydrogens (tertiary/aromatic N) is 2. The first-order valence-electron chi connectivity index (χ1n) is 3.40. The Hall–Kier alpha value is -1.84. The van der Waals surface area contributed by atoms with Crippen LogP contribution in [0.5, 0.6) is 11.5 Å². The molecule has 0 saturated heterocycles. The van der Waals surface area contributed by atoms with E-state index in [0.29, 0.717) is 11.0 Å². The van der Waals surface area contributed by atoms with Gasteiger partial charge in [-0.2, -0.15) is 0 Å². The molecule has 0 fully saturated rings. The normalized spacial score (nSPS) is 10.3. The lowest BCUT2D eigenvalue weighted by Crippen LogP contribution is -1.81. The Kier molecular flexibility index (Phi) is 1.33. The summed E-state index contributed by atoms with van der Waals surface area (Å²) < 4.78 is 0. The SMILES string of the molecule is Oc1cc2nccnc2cc1O. The standard InChI is InChI=1S/C8H6N2O2/c11-7-3-5-6(4-8(7)12)10-2-1-9-5/h1-4,11-12H. The van der Waals surface area contributed by atoms with Gasteiger partial charge in [0.05, 0.1) is 11.0 Å². The molecule has 0 spiro atoms. The maximum Gasteiger partial charge on any atom is 0.159 e. The van der Waals surface area contributed by atoms with Crippen molar-refractivity contribution in [3.05, 3.63) is 24.5 Å². The highest BCUT2D eigenvalue weighted by atomic mass is 16.3. The smallest absolute Gasteiger partial charge is 0.159 e. The van der Waals surface area contributed by atoms with Gasteiger partial charge in [-0.1, -0.05) is 0 Å². The van der Waals surface area contributed by atoms with Crippen LogP contribution in [0.4, 0.5) is 0 Å². The summed E-state index contributed by atoms with van der Waals surface area (Å²) >= 11 is 0. The number of hydrogen-bond donors (Lipinski definition) is 2. The second kappa shape index (κ2) is 2.34. The van der Waals surface area contributed by atoms with Crippen LogP contribution in [0.3, 0.4) is 0 Å². The number of phenolic OH excluding ortho intramolecular Hbond substituents is 2. The Labute approximate surface area is 68.1 Å². The van der Waals surface area contributed by atoms with E-state index in [1.165, 1.54) is 24.5 Å².